The highest BCUT2D eigenvalue weighted by atomic mass is 19.1. The van der Waals surface area contributed by atoms with Gasteiger partial charge >= 0.3 is 0 Å². The standard InChI is InChI=1S/C12H16FNO/c1-12(11(15)3-2-8-14-12)9-4-6-10(13)7-5-9/h4-7,11,14-15H,2-3,8H2,1H3. The molecule has 2 N–H and O–H groups in total. The van der Waals surface area contributed by atoms with E-state index in [2.05, 4.69) is 5.32 Å². The van der Waals surface area contributed by atoms with E-state index >= 15 is 0 Å². The molecule has 2 unspecified atom stereocenters. The molecular weight excluding hydrogens is 193 g/mol. The zero-order valence-electron chi connectivity index (χ0n) is 8.83. The minimum absolute atomic E-state index is 0.243. The Bertz CT molecular complexity index is 338. The van der Waals surface area contributed by atoms with Crippen LogP contribution in [0.15, 0.2) is 24.3 Å². The Kier molecular flexibility index (Phi) is 2.76. The van der Waals surface area contributed by atoms with Crippen LogP contribution in [0, 0.1) is 5.82 Å². The Morgan fingerprint density at radius 1 is 1.40 bits per heavy atom. The van der Waals surface area contributed by atoms with Crippen LogP contribution in [0.4, 0.5) is 4.39 Å². The number of piperidine rings is 1. The van der Waals surface area contributed by atoms with E-state index in [4.69, 9.17) is 0 Å². The molecule has 1 aromatic rings. The molecule has 1 heterocycles. The molecule has 0 aromatic heterocycles. The molecule has 2 nitrogen and oxygen atoms in total. The van der Waals surface area contributed by atoms with Crippen molar-refractivity contribution in [3.05, 3.63) is 35.6 Å². The zero-order valence-corrected chi connectivity index (χ0v) is 8.83. The van der Waals surface area contributed by atoms with Crippen molar-refractivity contribution in [1.29, 1.82) is 0 Å². The lowest BCUT2D eigenvalue weighted by Gasteiger charge is -2.40. The lowest BCUT2D eigenvalue weighted by Crippen LogP contribution is -2.53. The summed E-state index contributed by atoms with van der Waals surface area (Å²) in [5.41, 5.74) is 0.502. The maximum Gasteiger partial charge on any atom is 0.123 e. The van der Waals surface area contributed by atoms with Gasteiger partial charge in [0.2, 0.25) is 0 Å². The Morgan fingerprint density at radius 3 is 2.67 bits per heavy atom. The number of hydrogen-bond acceptors (Lipinski definition) is 2. The van der Waals surface area contributed by atoms with Gasteiger partial charge in [-0.05, 0) is 44.0 Å². The fourth-order valence-corrected chi connectivity index (χ4v) is 2.14. The molecule has 0 bridgehead atoms. The Balaban J connectivity index is 2.30. The monoisotopic (exact) mass is 209 g/mol. The molecule has 1 aromatic carbocycles. The second-order valence-corrected chi connectivity index (χ2v) is 4.29. The van der Waals surface area contributed by atoms with Gasteiger partial charge in [0.15, 0.2) is 0 Å². The van der Waals surface area contributed by atoms with E-state index < -0.39 is 11.6 Å². The first-order valence-corrected chi connectivity index (χ1v) is 5.32. The molecule has 0 saturated carbocycles. The van der Waals surface area contributed by atoms with Gasteiger partial charge in [-0.1, -0.05) is 12.1 Å². The van der Waals surface area contributed by atoms with E-state index in [-0.39, 0.29) is 5.82 Å². The molecular formula is C12H16FNO. The van der Waals surface area contributed by atoms with Crippen molar-refractivity contribution in [2.75, 3.05) is 6.54 Å². The van der Waals surface area contributed by atoms with Gasteiger partial charge in [-0.2, -0.15) is 0 Å². The molecule has 1 aliphatic heterocycles. The number of nitrogens with one attached hydrogen (secondary N) is 1. The maximum absolute atomic E-state index is 12.8. The molecule has 1 aliphatic rings. The second-order valence-electron chi connectivity index (χ2n) is 4.29. The fourth-order valence-electron chi connectivity index (χ4n) is 2.14. The number of rotatable bonds is 1. The Hall–Kier alpha value is -0.930. The average Bonchev–Trinajstić information content (AvgIpc) is 2.23. The van der Waals surface area contributed by atoms with E-state index in [1.165, 1.54) is 12.1 Å². The highest BCUT2D eigenvalue weighted by molar-refractivity contribution is 5.26. The van der Waals surface area contributed by atoms with Gasteiger partial charge in [0.25, 0.3) is 0 Å². The molecule has 15 heavy (non-hydrogen) atoms. The van der Waals surface area contributed by atoms with Crippen molar-refractivity contribution in [2.24, 2.45) is 0 Å². The van der Waals surface area contributed by atoms with E-state index in [1.54, 1.807) is 12.1 Å². The van der Waals surface area contributed by atoms with Gasteiger partial charge in [0, 0.05) is 0 Å². The molecule has 0 aliphatic carbocycles. The number of hydrogen-bond donors (Lipinski definition) is 2. The smallest absolute Gasteiger partial charge is 0.123 e. The third kappa shape index (κ3) is 1.90. The second kappa shape index (κ2) is 3.91. The summed E-state index contributed by atoms with van der Waals surface area (Å²) in [6.07, 6.45) is 1.37. The number of aliphatic hydroxyl groups is 1. The predicted octanol–water partition coefficient (Wildman–Crippen LogP) is 1.79. The molecule has 1 fully saturated rings. The number of halogens is 1. The summed E-state index contributed by atoms with van der Waals surface area (Å²) in [5.74, 6) is -0.243. The van der Waals surface area contributed by atoms with Crippen molar-refractivity contribution in [2.45, 2.75) is 31.4 Å². The molecule has 2 rings (SSSR count). The van der Waals surface area contributed by atoms with Gasteiger partial charge in [0.1, 0.15) is 5.82 Å². The Morgan fingerprint density at radius 2 is 2.07 bits per heavy atom. The van der Waals surface area contributed by atoms with E-state index in [0.717, 1.165) is 24.9 Å². The Labute approximate surface area is 89.1 Å². The van der Waals surface area contributed by atoms with Crippen molar-refractivity contribution in [1.82, 2.24) is 5.32 Å². The van der Waals surface area contributed by atoms with Gasteiger partial charge < -0.3 is 10.4 Å². The molecule has 0 radical (unpaired) electrons. The van der Waals surface area contributed by atoms with Crippen molar-refractivity contribution in [3.8, 4) is 0 Å². The van der Waals surface area contributed by atoms with Crippen LogP contribution in [0.1, 0.15) is 25.3 Å². The summed E-state index contributed by atoms with van der Waals surface area (Å²) < 4.78 is 12.8. The van der Waals surface area contributed by atoms with E-state index in [0.29, 0.717) is 0 Å². The van der Waals surface area contributed by atoms with Crippen LogP contribution < -0.4 is 5.32 Å². The summed E-state index contributed by atoms with van der Waals surface area (Å²) in [5, 5.41) is 13.3. The summed E-state index contributed by atoms with van der Waals surface area (Å²) in [7, 11) is 0. The first kappa shape index (κ1) is 10.6. The first-order valence-electron chi connectivity index (χ1n) is 5.32. The largest absolute Gasteiger partial charge is 0.391 e. The van der Waals surface area contributed by atoms with Gasteiger partial charge in [-0.25, -0.2) is 4.39 Å². The fraction of sp³-hybridized carbons (Fsp3) is 0.500. The topological polar surface area (TPSA) is 32.3 Å². The zero-order chi connectivity index (χ0) is 10.9. The summed E-state index contributed by atoms with van der Waals surface area (Å²) >= 11 is 0. The minimum atomic E-state index is -0.439. The molecule has 0 amide bonds. The van der Waals surface area contributed by atoms with Crippen molar-refractivity contribution in [3.63, 3.8) is 0 Å². The lowest BCUT2D eigenvalue weighted by molar-refractivity contribution is 0.0384. The van der Waals surface area contributed by atoms with Crippen molar-refractivity contribution < 1.29 is 9.50 Å². The van der Waals surface area contributed by atoms with Crippen LogP contribution in [-0.4, -0.2) is 17.8 Å². The average molecular weight is 209 g/mol. The molecule has 3 heteroatoms. The van der Waals surface area contributed by atoms with Crippen molar-refractivity contribution >= 4 is 0 Å². The van der Waals surface area contributed by atoms with Gasteiger partial charge in [0.05, 0.1) is 11.6 Å². The molecule has 82 valence electrons. The first-order chi connectivity index (χ1) is 7.13. The molecule has 2 atom stereocenters. The number of aliphatic hydroxyl groups excluding tert-OH is 1. The quantitative estimate of drug-likeness (QED) is 0.739. The third-order valence-electron chi connectivity index (χ3n) is 3.26. The summed E-state index contributed by atoms with van der Waals surface area (Å²) in [6, 6.07) is 6.33. The maximum atomic E-state index is 12.8. The van der Waals surface area contributed by atoms with Crippen LogP contribution in [0.25, 0.3) is 0 Å². The van der Waals surface area contributed by atoms with Crippen LogP contribution in [0.2, 0.25) is 0 Å². The number of benzene rings is 1. The molecule has 0 spiro atoms. The van der Waals surface area contributed by atoms with E-state index in [1.807, 2.05) is 6.92 Å². The minimum Gasteiger partial charge on any atom is -0.391 e. The highest BCUT2D eigenvalue weighted by Crippen LogP contribution is 2.30. The van der Waals surface area contributed by atoms with Gasteiger partial charge in [-0.15, -0.1) is 0 Å². The summed E-state index contributed by atoms with van der Waals surface area (Å²) in [4.78, 5) is 0. The lowest BCUT2D eigenvalue weighted by atomic mass is 9.81. The van der Waals surface area contributed by atoms with Crippen LogP contribution >= 0.6 is 0 Å². The summed E-state index contributed by atoms with van der Waals surface area (Å²) in [6.45, 7) is 2.86. The predicted molar refractivity (Wildman–Crippen MR) is 57.0 cm³/mol. The SMILES string of the molecule is CC1(c2ccc(F)cc2)NCCCC1O. The highest BCUT2D eigenvalue weighted by Gasteiger charge is 2.36. The normalized spacial score (nSPS) is 31.5. The van der Waals surface area contributed by atoms with Crippen LogP contribution in [0.5, 0.6) is 0 Å². The van der Waals surface area contributed by atoms with Crippen LogP contribution in [-0.2, 0) is 5.54 Å². The van der Waals surface area contributed by atoms with Crippen LogP contribution in [0.3, 0.4) is 0 Å². The van der Waals surface area contributed by atoms with Gasteiger partial charge in [-0.3, -0.25) is 0 Å². The molecule has 1 saturated heterocycles. The third-order valence-corrected chi connectivity index (χ3v) is 3.26. The van der Waals surface area contributed by atoms with E-state index in [9.17, 15) is 9.50 Å².